The van der Waals surface area contributed by atoms with Gasteiger partial charge in [0.25, 0.3) is 5.91 Å². The number of aromatic nitrogens is 1. The van der Waals surface area contributed by atoms with Gasteiger partial charge in [-0.2, -0.15) is 0 Å². The van der Waals surface area contributed by atoms with Crippen molar-refractivity contribution < 1.29 is 13.2 Å². The van der Waals surface area contributed by atoms with E-state index in [4.69, 9.17) is 0 Å². The van der Waals surface area contributed by atoms with E-state index >= 15 is 0 Å². The van der Waals surface area contributed by atoms with Gasteiger partial charge in [0.1, 0.15) is 0 Å². The predicted octanol–water partition coefficient (Wildman–Crippen LogP) is 4.26. The number of sulfonamides is 1. The van der Waals surface area contributed by atoms with Crippen LogP contribution < -0.4 is 10.0 Å². The van der Waals surface area contributed by atoms with Crippen LogP contribution in [-0.2, 0) is 10.0 Å². The average Bonchev–Trinajstić information content (AvgIpc) is 2.64. The van der Waals surface area contributed by atoms with Gasteiger partial charge in [0, 0.05) is 16.8 Å². The van der Waals surface area contributed by atoms with Crippen LogP contribution in [0.4, 0.5) is 11.4 Å². The minimum atomic E-state index is -3.41. The molecule has 3 rings (SSSR count). The summed E-state index contributed by atoms with van der Waals surface area (Å²) in [4.78, 5) is 17.4. The molecule has 0 atom stereocenters. The number of amides is 1. The highest BCUT2D eigenvalue weighted by molar-refractivity contribution is 7.92. The Labute approximate surface area is 165 Å². The van der Waals surface area contributed by atoms with Gasteiger partial charge in [-0.1, -0.05) is 31.2 Å². The highest BCUT2D eigenvalue weighted by atomic mass is 32.2. The van der Waals surface area contributed by atoms with Gasteiger partial charge in [-0.15, -0.1) is 0 Å². The summed E-state index contributed by atoms with van der Waals surface area (Å²) in [7, 11) is -3.41. The van der Waals surface area contributed by atoms with Crippen molar-refractivity contribution >= 4 is 38.2 Å². The van der Waals surface area contributed by atoms with Crippen molar-refractivity contribution in [1.29, 1.82) is 0 Å². The maximum atomic E-state index is 13.0. The molecule has 0 fully saturated rings. The van der Waals surface area contributed by atoms with E-state index in [-0.39, 0.29) is 11.7 Å². The van der Waals surface area contributed by atoms with Gasteiger partial charge in [0.05, 0.1) is 22.5 Å². The Morgan fingerprint density at radius 3 is 2.50 bits per heavy atom. The summed E-state index contributed by atoms with van der Waals surface area (Å²) in [5.74, 6) is -0.218. The lowest BCUT2D eigenvalue weighted by molar-refractivity contribution is 0.102. The van der Waals surface area contributed by atoms with Crippen LogP contribution in [0, 0.1) is 13.8 Å². The lowest BCUT2D eigenvalue weighted by atomic mass is 10.1. The third-order valence-electron chi connectivity index (χ3n) is 4.41. The fraction of sp³-hybridized carbons (Fsp3) is 0.238. The topological polar surface area (TPSA) is 88.2 Å². The molecule has 7 heteroatoms. The molecule has 0 aliphatic heterocycles. The van der Waals surface area contributed by atoms with E-state index in [0.29, 0.717) is 28.9 Å². The molecule has 0 aliphatic rings. The monoisotopic (exact) mass is 397 g/mol. The summed E-state index contributed by atoms with van der Waals surface area (Å²) in [6.07, 6.45) is 0.527. The number of benzene rings is 2. The Hall–Kier alpha value is -2.93. The Morgan fingerprint density at radius 2 is 1.75 bits per heavy atom. The number of aryl methyl sites for hydroxylation is 1. The quantitative estimate of drug-likeness (QED) is 0.651. The van der Waals surface area contributed by atoms with Crippen LogP contribution in [0.25, 0.3) is 10.9 Å². The Balaban J connectivity index is 1.93. The molecule has 2 N–H and O–H groups in total. The first-order valence-electron chi connectivity index (χ1n) is 9.08. The molecule has 2 aromatic carbocycles. The second-order valence-electron chi connectivity index (χ2n) is 6.68. The van der Waals surface area contributed by atoms with Crippen molar-refractivity contribution in [2.45, 2.75) is 27.2 Å². The molecule has 1 amide bonds. The molecule has 0 spiro atoms. The number of hydrogen-bond acceptors (Lipinski definition) is 4. The molecule has 6 nitrogen and oxygen atoms in total. The van der Waals surface area contributed by atoms with E-state index in [1.54, 1.807) is 31.2 Å². The van der Waals surface area contributed by atoms with Crippen molar-refractivity contribution in [3.63, 3.8) is 0 Å². The number of fused-ring (bicyclic) bond motifs is 1. The predicted molar refractivity (Wildman–Crippen MR) is 113 cm³/mol. The van der Waals surface area contributed by atoms with E-state index in [9.17, 15) is 13.2 Å². The Bertz CT molecular complexity index is 1140. The maximum absolute atomic E-state index is 13.0. The number of rotatable bonds is 6. The molecule has 1 heterocycles. The summed E-state index contributed by atoms with van der Waals surface area (Å²) in [6, 6.07) is 14.4. The third kappa shape index (κ3) is 4.31. The van der Waals surface area contributed by atoms with Crippen LogP contribution in [0.1, 0.15) is 35.0 Å². The molecule has 28 heavy (non-hydrogen) atoms. The number of nitrogens with one attached hydrogen (secondary N) is 2. The largest absolute Gasteiger partial charge is 0.322 e. The highest BCUT2D eigenvalue weighted by Gasteiger charge is 2.16. The van der Waals surface area contributed by atoms with Crippen molar-refractivity contribution in [3.05, 3.63) is 65.4 Å². The molecule has 1 aromatic heterocycles. The van der Waals surface area contributed by atoms with Crippen molar-refractivity contribution in [2.24, 2.45) is 0 Å². The molecule has 0 bridgehead atoms. The normalized spacial score (nSPS) is 11.4. The Morgan fingerprint density at radius 1 is 1.04 bits per heavy atom. The fourth-order valence-electron chi connectivity index (χ4n) is 3.05. The summed E-state index contributed by atoms with van der Waals surface area (Å²) in [5.41, 5.74) is 3.71. The van der Waals surface area contributed by atoms with Crippen LogP contribution in [-0.4, -0.2) is 25.1 Å². The second-order valence-corrected chi connectivity index (χ2v) is 8.52. The van der Waals surface area contributed by atoms with Crippen LogP contribution >= 0.6 is 0 Å². The number of carbonyl (C=O) groups is 1. The van der Waals surface area contributed by atoms with E-state index in [1.165, 1.54) is 0 Å². The van der Waals surface area contributed by atoms with Gasteiger partial charge in [-0.25, -0.2) is 8.42 Å². The second kappa shape index (κ2) is 7.98. The van der Waals surface area contributed by atoms with Gasteiger partial charge < -0.3 is 5.32 Å². The van der Waals surface area contributed by atoms with E-state index in [1.807, 2.05) is 38.1 Å². The van der Waals surface area contributed by atoms with Crippen molar-refractivity contribution in [2.75, 3.05) is 15.8 Å². The van der Waals surface area contributed by atoms with Gasteiger partial charge in [-0.3, -0.25) is 14.5 Å². The number of carbonyl (C=O) groups excluding carboxylic acids is 1. The standard InChI is InChI=1S/C21H23N3O3S/c1-4-12-28(26,27)24-19-11-7-10-18(15(19)3)23-21(25)17-13-14(2)22-20-9-6-5-8-16(17)20/h5-11,13,24H,4,12H2,1-3H3,(H,23,25). The van der Waals surface area contributed by atoms with Crippen molar-refractivity contribution in [3.8, 4) is 0 Å². The molecule has 0 unspecified atom stereocenters. The smallest absolute Gasteiger partial charge is 0.256 e. The lowest BCUT2D eigenvalue weighted by Crippen LogP contribution is -2.18. The summed E-state index contributed by atoms with van der Waals surface area (Å²) in [5, 5.41) is 3.67. The number of para-hydroxylation sites is 1. The Kier molecular flexibility index (Phi) is 5.65. The van der Waals surface area contributed by atoms with Gasteiger partial charge >= 0.3 is 0 Å². The summed E-state index contributed by atoms with van der Waals surface area (Å²) in [6.45, 7) is 5.43. The molecule has 0 radical (unpaired) electrons. The number of nitrogens with zero attached hydrogens (tertiary/aromatic N) is 1. The number of pyridine rings is 1. The van der Waals surface area contributed by atoms with Crippen LogP contribution in [0.3, 0.4) is 0 Å². The van der Waals surface area contributed by atoms with E-state index < -0.39 is 10.0 Å². The minimum absolute atomic E-state index is 0.0469. The zero-order chi connectivity index (χ0) is 20.3. The summed E-state index contributed by atoms with van der Waals surface area (Å²) >= 11 is 0. The highest BCUT2D eigenvalue weighted by Crippen LogP contribution is 2.26. The van der Waals surface area contributed by atoms with Crippen LogP contribution in [0.2, 0.25) is 0 Å². The fourth-order valence-corrected chi connectivity index (χ4v) is 4.25. The maximum Gasteiger partial charge on any atom is 0.256 e. The molecule has 146 valence electrons. The first-order valence-corrected chi connectivity index (χ1v) is 10.7. The summed E-state index contributed by atoms with van der Waals surface area (Å²) < 4.78 is 26.8. The molecule has 0 aliphatic carbocycles. The molecular weight excluding hydrogens is 374 g/mol. The molecule has 0 saturated heterocycles. The average molecular weight is 398 g/mol. The third-order valence-corrected chi connectivity index (χ3v) is 5.89. The molecule has 3 aromatic rings. The van der Waals surface area contributed by atoms with Gasteiger partial charge in [0.15, 0.2) is 0 Å². The zero-order valence-electron chi connectivity index (χ0n) is 16.1. The first kappa shape index (κ1) is 19.8. The van der Waals surface area contributed by atoms with Gasteiger partial charge in [0.2, 0.25) is 10.0 Å². The minimum Gasteiger partial charge on any atom is -0.322 e. The van der Waals surface area contributed by atoms with E-state index in [2.05, 4.69) is 15.0 Å². The first-order chi connectivity index (χ1) is 13.3. The lowest BCUT2D eigenvalue weighted by Gasteiger charge is -2.15. The van der Waals surface area contributed by atoms with Crippen LogP contribution in [0.15, 0.2) is 48.5 Å². The van der Waals surface area contributed by atoms with E-state index in [0.717, 1.165) is 16.6 Å². The SMILES string of the molecule is CCCS(=O)(=O)Nc1cccc(NC(=O)c2cc(C)nc3ccccc23)c1C. The van der Waals surface area contributed by atoms with Crippen molar-refractivity contribution in [1.82, 2.24) is 4.98 Å². The van der Waals surface area contributed by atoms with Gasteiger partial charge in [-0.05, 0) is 50.1 Å². The zero-order valence-corrected chi connectivity index (χ0v) is 16.9. The van der Waals surface area contributed by atoms with Crippen LogP contribution in [0.5, 0.6) is 0 Å². The number of anilines is 2. The molecule has 0 saturated carbocycles. The molecular formula is C21H23N3O3S. The number of hydrogen-bond donors (Lipinski definition) is 2.